The summed E-state index contributed by atoms with van der Waals surface area (Å²) < 4.78 is 84.4. The molecule has 27 nitrogen and oxygen atoms in total. The second-order valence-electron chi connectivity index (χ2n) is 21.6. The molecule has 3 aliphatic rings. The molecule has 0 aliphatic carbocycles. The minimum atomic E-state index is -1.45. The molecule has 26 unspecified atom stereocenters. The number of aliphatic hydroxyl groups excluding tert-OH is 11. The number of hydrogen-bond donors (Lipinski definition) is 14. The van der Waals surface area contributed by atoms with Gasteiger partial charge in [0.15, 0.2) is 18.9 Å². The van der Waals surface area contributed by atoms with Crippen molar-refractivity contribution in [3.63, 3.8) is 0 Å². The van der Waals surface area contributed by atoms with E-state index < -0.39 is 159 Å². The van der Waals surface area contributed by atoms with Gasteiger partial charge >= 0.3 is 0 Å². The monoisotopic (exact) mass is 1140 g/mol. The van der Waals surface area contributed by atoms with E-state index in [-0.39, 0.29) is 92.3 Å². The normalized spacial score (nSPS) is 34.3. The van der Waals surface area contributed by atoms with Crippen molar-refractivity contribution in [3.05, 3.63) is 0 Å². The van der Waals surface area contributed by atoms with Crippen molar-refractivity contribution in [2.45, 2.75) is 235 Å². The highest BCUT2D eigenvalue weighted by Gasteiger charge is 2.56. The van der Waals surface area contributed by atoms with Crippen molar-refractivity contribution in [2.24, 2.45) is 0 Å². The van der Waals surface area contributed by atoms with E-state index in [0.717, 1.165) is 0 Å². The zero-order valence-electron chi connectivity index (χ0n) is 47.6. The fourth-order valence-corrected chi connectivity index (χ4v) is 8.79. The molecule has 0 aromatic heterocycles. The minimum Gasteiger partial charge on any atom is -0.392 e. The molecule has 3 aliphatic heterocycles. The van der Waals surface area contributed by atoms with Crippen LogP contribution in [0.5, 0.6) is 0 Å². The van der Waals surface area contributed by atoms with Gasteiger partial charge in [-0.1, -0.05) is 0 Å². The Morgan fingerprint density at radius 3 is 0.833 bits per heavy atom. The van der Waals surface area contributed by atoms with Gasteiger partial charge in [0.1, 0.15) is 54.9 Å². The third kappa shape index (κ3) is 26.2. The first-order valence-electron chi connectivity index (χ1n) is 27.5. The molecule has 14 N–H and O–H groups in total. The number of hydrogen-bond acceptors (Lipinski definition) is 27. The predicted molar refractivity (Wildman–Crippen MR) is 277 cm³/mol. The van der Waals surface area contributed by atoms with Crippen molar-refractivity contribution in [1.29, 1.82) is 0 Å². The van der Waals surface area contributed by atoms with Crippen LogP contribution in [0.4, 0.5) is 0 Å². The molecule has 0 amide bonds. The summed E-state index contributed by atoms with van der Waals surface area (Å²) in [5, 5.41) is 125. The maximum absolute atomic E-state index is 10.8. The summed E-state index contributed by atoms with van der Waals surface area (Å²) in [6.45, 7) is 14.6. The topological polar surface area (TPSA) is 379 Å². The number of ether oxygens (including phenoxy) is 13. The Bertz CT molecular complexity index is 1520. The van der Waals surface area contributed by atoms with Gasteiger partial charge in [-0.3, -0.25) is 0 Å². The first-order chi connectivity index (χ1) is 36.8. The van der Waals surface area contributed by atoms with Crippen LogP contribution in [0.1, 0.15) is 76.2 Å². The molecule has 0 radical (unpaired) electrons. The summed E-state index contributed by atoms with van der Waals surface area (Å²) in [7, 11) is 0. The largest absolute Gasteiger partial charge is 0.392 e. The predicted octanol–water partition coefficient (Wildman–Crippen LogP) is -4.40. The first kappa shape index (κ1) is 71.2. The molecule has 0 bridgehead atoms. The van der Waals surface area contributed by atoms with E-state index in [4.69, 9.17) is 61.6 Å². The second-order valence-corrected chi connectivity index (χ2v) is 21.6. The molecule has 0 spiro atoms. The third-order valence-electron chi connectivity index (χ3n) is 12.0. The van der Waals surface area contributed by atoms with Crippen LogP contribution in [-0.4, -0.2) is 308 Å². The van der Waals surface area contributed by atoms with E-state index >= 15 is 0 Å². The lowest BCUT2D eigenvalue weighted by Crippen LogP contribution is -2.72. The van der Waals surface area contributed by atoms with Crippen molar-refractivity contribution in [2.75, 3.05) is 92.3 Å². The van der Waals surface area contributed by atoms with E-state index in [1.807, 2.05) is 0 Å². The van der Waals surface area contributed by atoms with Gasteiger partial charge in [0, 0.05) is 19.6 Å². The fraction of sp³-hybridized carbons (Fsp3) is 1.00. The van der Waals surface area contributed by atoms with Crippen LogP contribution in [0, 0.1) is 0 Å². The van der Waals surface area contributed by atoms with Gasteiger partial charge in [-0.15, -0.1) is 0 Å². The molecule has 0 aromatic rings. The maximum atomic E-state index is 10.8. The van der Waals surface area contributed by atoms with E-state index in [1.165, 1.54) is 48.5 Å². The Hall–Kier alpha value is -1.08. The SMILES string of the molecule is CC(O)CNC1C(OC2C(COCC(C)O)OC(OC3C(COCC(C)O)OC(OCC(C)O)C(NCC(C)O)C3OCC(C)O)C(NCC(C)O)C2OCC(C)O)OC(COCC(C)O)C(OCC(C)O)C1OCC(C)O. The summed E-state index contributed by atoms with van der Waals surface area (Å²) in [5.74, 6) is 0. The summed E-state index contributed by atoms with van der Waals surface area (Å²) in [5.41, 5.74) is 0. The molecule has 27 heteroatoms. The molecule has 464 valence electrons. The molecule has 3 heterocycles. The van der Waals surface area contributed by atoms with Crippen LogP contribution in [0.3, 0.4) is 0 Å². The van der Waals surface area contributed by atoms with Gasteiger partial charge < -0.3 is 134 Å². The van der Waals surface area contributed by atoms with Gasteiger partial charge in [0.2, 0.25) is 0 Å². The van der Waals surface area contributed by atoms with Crippen LogP contribution in [0.2, 0.25) is 0 Å². The van der Waals surface area contributed by atoms with Gasteiger partial charge in [-0.05, 0) is 76.2 Å². The maximum Gasteiger partial charge on any atom is 0.176 e. The zero-order valence-corrected chi connectivity index (χ0v) is 47.6. The molecule has 78 heavy (non-hydrogen) atoms. The van der Waals surface area contributed by atoms with E-state index in [1.54, 1.807) is 27.7 Å². The van der Waals surface area contributed by atoms with Gasteiger partial charge in [-0.2, -0.15) is 0 Å². The Morgan fingerprint density at radius 1 is 0.295 bits per heavy atom. The Kier molecular flexibility index (Phi) is 34.0. The van der Waals surface area contributed by atoms with E-state index in [2.05, 4.69) is 16.0 Å². The average molecular weight is 1140 g/mol. The Morgan fingerprint density at radius 2 is 0.538 bits per heavy atom. The molecule has 3 saturated heterocycles. The molecular formula is C51H101N3O24. The standard InChI is InChI=1S/C51H101N3O24/c1-26(55)12-52-40-47(71-20-34(9)63)44(38(24-67-16-30(5)59)74-49(40)73-22-36(11)65)77-51-42(54-14-28(3)57)48(72-21-35(10)64)45(39(76-51)25-68-17-31(6)60)78-50-41(53-13-27(2)56)46(70-19-33(8)62)43(69-18-32(7)61)37(75-50)23-66-15-29(4)58/h26-65H,12-25H2,1-11H3. The smallest absolute Gasteiger partial charge is 0.176 e. The minimum absolute atomic E-state index is 0.00464. The Balaban J connectivity index is 2.36. The molecule has 0 saturated carbocycles. The van der Waals surface area contributed by atoms with Gasteiger partial charge in [0.25, 0.3) is 0 Å². The number of aliphatic hydroxyl groups is 11. The molecular weight excluding hydrogens is 1040 g/mol. The van der Waals surface area contributed by atoms with Crippen LogP contribution in [0.25, 0.3) is 0 Å². The summed E-state index contributed by atoms with van der Waals surface area (Å²) in [4.78, 5) is 0. The van der Waals surface area contributed by atoms with Crippen LogP contribution >= 0.6 is 0 Å². The lowest BCUT2D eigenvalue weighted by Gasteiger charge is -2.52. The summed E-state index contributed by atoms with van der Waals surface area (Å²) >= 11 is 0. The van der Waals surface area contributed by atoms with E-state index in [0.29, 0.717) is 0 Å². The molecule has 26 atom stereocenters. The quantitative estimate of drug-likeness (QED) is 0.0275. The second kappa shape index (κ2) is 37.3. The summed E-state index contributed by atoms with van der Waals surface area (Å²) in [6, 6.07) is -3.15. The first-order valence-corrected chi connectivity index (χ1v) is 27.5. The van der Waals surface area contributed by atoms with Crippen LogP contribution in [0.15, 0.2) is 0 Å². The van der Waals surface area contributed by atoms with Crippen molar-refractivity contribution in [1.82, 2.24) is 16.0 Å². The van der Waals surface area contributed by atoms with Gasteiger partial charge in [-0.25, -0.2) is 0 Å². The highest BCUT2D eigenvalue weighted by molar-refractivity contribution is 5.03. The number of rotatable bonds is 40. The average Bonchev–Trinajstić information content (AvgIpc) is 3.36. The Labute approximate surface area is 460 Å². The zero-order chi connectivity index (χ0) is 58.2. The third-order valence-corrected chi connectivity index (χ3v) is 12.0. The van der Waals surface area contributed by atoms with Crippen LogP contribution in [-0.2, 0) is 61.6 Å². The van der Waals surface area contributed by atoms with Crippen LogP contribution < -0.4 is 16.0 Å². The summed E-state index contributed by atoms with van der Waals surface area (Å²) in [6.07, 6.45) is -24.6. The van der Waals surface area contributed by atoms with Gasteiger partial charge in [0.05, 0.1) is 158 Å². The molecule has 3 fully saturated rings. The lowest BCUT2D eigenvalue weighted by molar-refractivity contribution is -0.364. The van der Waals surface area contributed by atoms with Crippen molar-refractivity contribution < 1.29 is 118 Å². The lowest BCUT2D eigenvalue weighted by atomic mass is 9.93. The molecule has 3 rings (SSSR count). The van der Waals surface area contributed by atoms with Crippen molar-refractivity contribution in [3.8, 4) is 0 Å². The number of nitrogens with one attached hydrogen (secondary N) is 3. The van der Waals surface area contributed by atoms with E-state index in [9.17, 15) is 56.2 Å². The fourth-order valence-electron chi connectivity index (χ4n) is 8.79. The molecule has 0 aromatic carbocycles. The van der Waals surface area contributed by atoms with Crippen molar-refractivity contribution >= 4 is 0 Å². The highest BCUT2D eigenvalue weighted by atomic mass is 16.8. The highest BCUT2D eigenvalue weighted by Crippen LogP contribution is 2.37.